The molecule has 1 aliphatic rings. The maximum atomic E-state index is 13.9. The van der Waals surface area contributed by atoms with Crippen LogP contribution in [0.2, 0.25) is 0 Å². The quantitative estimate of drug-likeness (QED) is 0.526. The standard InChI is InChI=1S/C13H6F5NO3/c14-4-1-5(4)19-2-3(13(21)22)12(20)6-7(15)8(16)9(17)10(18)11(6)19/h2,4-5H,1H2,(H,21,22)/t4-,5+/m0/s1. The van der Waals surface area contributed by atoms with Gasteiger partial charge in [0.2, 0.25) is 5.43 Å². The fourth-order valence-electron chi connectivity index (χ4n) is 2.32. The molecule has 1 aliphatic carbocycles. The second-order valence-electron chi connectivity index (χ2n) is 4.88. The molecule has 1 N–H and O–H groups in total. The van der Waals surface area contributed by atoms with Gasteiger partial charge in [-0.25, -0.2) is 26.7 Å². The molecule has 0 spiro atoms. The Kier molecular flexibility index (Phi) is 2.98. The zero-order chi connectivity index (χ0) is 16.3. The van der Waals surface area contributed by atoms with Gasteiger partial charge < -0.3 is 9.67 Å². The van der Waals surface area contributed by atoms with Crippen LogP contribution in [-0.4, -0.2) is 21.8 Å². The van der Waals surface area contributed by atoms with Crippen molar-refractivity contribution in [1.29, 1.82) is 0 Å². The number of fused-ring (bicyclic) bond motifs is 1. The number of aromatic nitrogens is 1. The van der Waals surface area contributed by atoms with Gasteiger partial charge in [0.15, 0.2) is 23.3 Å². The zero-order valence-corrected chi connectivity index (χ0v) is 10.5. The summed E-state index contributed by atoms with van der Waals surface area (Å²) in [5.41, 5.74) is -3.49. The first-order valence-electron chi connectivity index (χ1n) is 6.03. The van der Waals surface area contributed by atoms with E-state index >= 15 is 0 Å². The van der Waals surface area contributed by atoms with Crippen molar-refractivity contribution >= 4 is 16.9 Å². The van der Waals surface area contributed by atoms with E-state index in [2.05, 4.69) is 0 Å². The molecule has 1 aromatic heterocycles. The van der Waals surface area contributed by atoms with Crippen molar-refractivity contribution in [3.05, 3.63) is 45.3 Å². The van der Waals surface area contributed by atoms with Crippen LogP contribution in [0.1, 0.15) is 22.8 Å². The van der Waals surface area contributed by atoms with Crippen LogP contribution in [0.25, 0.3) is 10.9 Å². The summed E-state index contributed by atoms with van der Waals surface area (Å²) in [6, 6.07) is -1.07. The number of benzene rings is 1. The molecule has 1 saturated carbocycles. The number of hydrogen-bond acceptors (Lipinski definition) is 2. The van der Waals surface area contributed by atoms with E-state index in [4.69, 9.17) is 5.11 Å². The molecule has 22 heavy (non-hydrogen) atoms. The number of hydrogen-bond donors (Lipinski definition) is 1. The number of pyridine rings is 1. The molecular weight excluding hydrogens is 313 g/mol. The van der Waals surface area contributed by atoms with Crippen molar-refractivity contribution in [3.8, 4) is 0 Å². The lowest BCUT2D eigenvalue weighted by atomic mass is 10.1. The first-order valence-corrected chi connectivity index (χ1v) is 6.03. The Labute approximate surface area is 118 Å². The smallest absolute Gasteiger partial charge is 0.341 e. The molecule has 0 saturated heterocycles. The Morgan fingerprint density at radius 3 is 2.18 bits per heavy atom. The van der Waals surface area contributed by atoms with Gasteiger partial charge in [0.1, 0.15) is 11.7 Å². The van der Waals surface area contributed by atoms with Crippen LogP contribution in [0.3, 0.4) is 0 Å². The summed E-state index contributed by atoms with van der Waals surface area (Å²) in [6.07, 6.45) is -1.02. The van der Waals surface area contributed by atoms with Crippen molar-refractivity contribution in [2.45, 2.75) is 18.6 Å². The van der Waals surface area contributed by atoms with Crippen molar-refractivity contribution in [2.75, 3.05) is 0 Å². The third-order valence-electron chi connectivity index (χ3n) is 3.51. The predicted octanol–water partition coefficient (Wildman–Crippen LogP) is 2.54. The monoisotopic (exact) mass is 319 g/mol. The van der Waals surface area contributed by atoms with Crippen molar-refractivity contribution < 1.29 is 31.9 Å². The fourth-order valence-corrected chi connectivity index (χ4v) is 2.32. The van der Waals surface area contributed by atoms with E-state index < -0.39 is 63.3 Å². The highest BCUT2D eigenvalue weighted by atomic mass is 19.2. The third kappa shape index (κ3) is 1.81. The second kappa shape index (κ2) is 4.52. The Hall–Kier alpha value is -2.45. The average molecular weight is 319 g/mol. The zero-order valence-electron chi connectivity index (χ0n) is 10.5. The molecule has 0 aliphatic heterocycles. The van der Waals surface area contributed by atoms with E-state index in [-0.39, 0.29) is 6.42 Å². The Morgan fingerprint density at radius 2 is 1.68 bits per heavy atom. The van der Waals surface area contributed by atoms with Crippen LogP contribution in [0, 0.1) is 23.3 Å². The highest BCUT2D eigenvalue weighted by Crippen LogP contribution is 2.41. The third-order valence-corrected chi connectivity index (χ3v) is 3.51. The highest BCUT2D eigenvalue weighted by molar-refractivity contribution is 5.93. The van der Waals surface area contributed by atoms with E-state index in [9.17, 15) is 31.5 Å². The van der Waals surface area contributed by atoms with Gasteiger partial charge >= 0.3 is 5.97 Å². The van der Waals surface area contributed by atoms with Gasteiger partial charge in [-0.15, -0.1) is 0 Å². The van der Waals surface area contributed by atoms with Crippen LogP contribution in [-0.2, 0) is 0 Å². The molecule has 1 fully saturated rings. The van der Waals surface area contributed by atoms with Gasteiger partial charge in [-0.05, 0) is 0 Å². The molecule has 4 nitrogen and oxygen atoms in total. The topological polar surface area (TPSA) is 59.3 Å². The van der Waals surface area contributed by atoms with Crippen LogP contribution in [0.15, 0.2) is 11.0 Å². The summed E-state index contributed by atoms with van der Waals surface area (Å²) in [7, 11) is 0. The number of aromatic carboxylic acids is 1. The van der Waals surface area contributed by atoms with Gasteiger partial charge in [0.05, 0.1) is 16.9 Å². The number of carboxylic acids is 1. The molecule has 2 atom stereocenters. The minimum Gasteiger partial charge on any atom is -0.477 e. The summed E-state index contributed by atoms with van der Waals surface area (Å²) < 4.78 is 68.2. The number of carboxylic acid groups (broad SMARTS) is 1. The largest absolute Gasteiger partial charge is 0.477 e. The molecule has 116 valence electrons. The maximum Gasteiger partial charge on any atom is 0.341 e. The maximum absolute atomic E-state index is 13.9. The molecule has 3 rings (SSSR count). The molecular formula is C13H6F5NO3. The first kappa shape index (κ1) is 14.5. The van der Waals surface area contributed by atoms with Crippen LogP contribution >= 0.6 is 0 Å². The summed E-state index contributed by atoms with van der Waals surface area (Å²) in [5, 5.41) is 7.66. The Balaban J connectivity index is 2.56. The molecule has 1 aromatic carbocycles. The number of alkyl halides is 1. The van der Waals surface area contributed by atoms with Gasteiger partial charge in [0.25, 0.3) is 0 Å². The van der Waals surface area contributed by atoms with E-state index in [1.54, 1.807) is 0 Å². The van der Waals surface area contributed by atoms with E-state index in [0.29, 0.717) is 10.8 Å². The van der Waals surface area contributed by atoms with Gasteiger partial charge in [0, 0.05) is 12.6 Å². The average Bonchev–Trinajstić information content (AvgIpc) is 3.18. The van der Waals surface area contributed by atoms with Crippen molar-refractivity contribution in [1.82, 2.24) is 4.57 Å². The van der Waals surface area contributed by atoms with Crippen LogP contribution in [0.5, 0.6) is 0 Å². The minimum atomic E-state index is -2.23. The SMILES string of the molecule is O=C(O)c1cn([C@@H]2C[C@@H]2F)c2c(F)c(F)c(F)c(F)c2c1=O. The normalized spacial score (nSPS) is 20.4. The van der Waals surface area contributed by atoms with E-state index in [1.807, 2.05) is 0 Å². The number of halogens is 5. The molecule has 1 heterocycles. The highest BCUT2D eigenvalue weighted by Gasteiger charge is 2.41. The summed E-state index contributed by atoms with van der Waals surface area (Å²) in [6.45, 7) is 0. The summed E-state index contributed by atoms with van der Waals surface area (Å²) in [4.78, 5) is 22.9. The lowest BCUT2D eigenvalue weighted by Gasteiger charge is -2.13. The molecule has 0 amide bonds. The molecule has 9 heteroatoms. The Bertz CT molecular complexity index is 892. The molecule has 0 unspecified atom stereocenters. The Morgan fingerprint density at radius 1 is 1.14 bits per heavy atom. The molecule has 0 radical (unpaired) electrons. The van der Waals surface area contributed by atoms with Gasteiger partial charge in [-0.2, -0.15) is 0 Å². The molecule has 0 bridgehead atoms. The number of carbonyl (C=O) groups is 1. The second-order valence-corrected chi connectivity index (χ2v) is 4.88. The van der Waals surface area contributed by atoms with Gasteiger partial charge in [-0.1, -0.05) is 0 Å². The van der Waals surface area contributed by atoms with Crippen LogP contribution < -0.4 is 5.43 Å². The number of nitrogens with zero attached hydrogens (tertiary/aromatic N) is 1. The van der Waals surface area contributed by atoms with Crippen molar-refractivity contribution in [2.24, 2.45) is 0 Å². The van der Waals surface area contributed by atoms with Crippen LogP contribution in [0.4, 0.5) is 22.0 Å². The summed E-state index contributed by atoms with van der Waals surface area (Å²) >= 11 is 0. The molecule has 2 aromatic rings. The van der Waals surface area contributed by atoms with E-state index in [1.165, 1.54) is 0 Å². The van der Waals surface area contributed by atoms with E-state index in [0.717, 1.165) is 0 Å². The predicted molar refractivity (Wildman–Crippen MR) is 63.5 cm³/mol. The lowest BCUT2D eigenvalue weighted by molar-refractivity contribution is 0.0694. The van der Waals surface area contributed by atoms with Crippen molar-refractivity contribution in [3.63, 3.8) is 0 Å². The first-order chi connectivity index (χ1) is 10.3. The number of rotatable bonds is 2. The summed E-state index contributed by atoms with van der Waals surface area (Å²) in [5.74, 6) is -10.0. The minimum absolute atomic E-state index is 0.142. The fraction of sp³-hybridized carbons (Fsp3) is 0.231. The lowest BCUT2D eigenvalue weighted by Crippen LogP contribution is -2.22. The van der Waals surface area contributed by atoms with Gasteiger partial charge in [-0.3, -0.25) is 4.79 Å².